The van der Waals surface area contributed by atoms with Gasteiger partial charge in [0.15, 0.2) is 5.78 Å². The topological polar surface area (TPSA) is 26.3 Å². The van der Waals surface area contributed by atoms with Crippen molar-refractivity contribution in [2.24, 2.45) is 0 Å². The first-order chi connectivity index (χ1) is 6.95. The van der Waals surface area contributed by atoms with Crippen LogP contribution >= 0.6 is 11.3 Å². The molecule has 0 atom stereocenters. The highest BCUT2D eigenvalue weighted by Crippen LogP contribution is 2.26. The lowest BCUT2D eigenvalue weighted by Crippen LogP contribution is -2.15. The van der Waals surface area contributed by atoms with Crippen LogP contribution in [-0.4, -0.2) is 19.1 Å². The fraction of sp³-hybridized carbons (Fsp3) is 0.222. The van der Waals surface area contributed by atoms with Crippen LogP contribution in [0.2, 0.25) is 0 Å². The summed E-state index contributed by atoms with van der Waals surface area (Å²) in [5.41, 5.74) is 0. The summed E-state index contributed by atoms with van der Waals surface area (Å²) in [7, 11) is 0.876. The first kappa shape index (κ1) is 11.8. The molecule has 0 aliphatic rings. The van der Waals surface area contributed by atoms with E-state index in [4.69, 9.17) is 0 Å². The van der Waals surface area contributed by atoms with Crippen LogP contribution in [0, 0.1) is 0 Å². The van der Waals surface area contributed by atoms with Crippen molar-refractivity contribution in [3.63, 3.8) is 0 Å². The molecular formula is C9H7F3O2S. The molecule has 1 aromatic heterocycles. The summed E-state index contributed by atoms with van der Waals surface area (Å²) in [4.78, 5) is 11.5. The molecular weight excluding hydrogens is 229 g/mol. The Hall–Kier alpha value is -1.30. The standard InChI is InChI=1S/C9H7F3O2S/c1-14-8(9(10,11)12)5-6(13)7-3-2-4-15-7/h2-5H,1H3/b8-5-. The highest BCUT2D eigenvalue weighted by atomic mass is 32.1. The van der Waals surface area contributed by atoms with Gasteiger partial charge in [-0.05, 0) is 11.4 Å². The molecule has 2 nitrogen and oxygen atoms in total. The lowest BCUT2D eigenvalue weighted by atomic mass is 10.3. The molecule has 6 heteroatoms. The lowest BCUT2D eigenvalue weighted by molar-refractivity contribution is -0.125. The molecule has 0 saturated carbocycles. The van der Waals surface area contributed by atoms with Crippen molar-refractivity contribution in [1.29, 1.82) is 0 Å². The van der Waals surface area contributed by atoms with Gasteiger partial charge in [0.05, 0.1) is 12.0 Å². The number of rotatable bonds is 3. The Bertz CT molecular complexity index is 365. The van der Waals surface area contributed by atoms with E-state index in [2.05, 4.69) is 4.74 Å². The van der Waals surface area contributed by atoms with E-state index in [0.29, 0.717) is 6.08 Å². The minimum absolute atomic E-state index is 0.244. The van der Waals surface area contributed by atoms with Gasteiger partial charge in [0, 0.05) is 6.08 Å². The highest BCUT2D eigenvalue weighted by Gasteiger charge is 2.36. The zero-order chi connectivity index (χ0) is 11.5. The van der Waals surface area contributed by atoms with E-state index in [9.17, 15) is 18.0 Å². The summed E-state index contributed by atoms with van der Waals surface area (Å²) < 4.78 is 40.6. The molecule has 0 spiro atoms. The molecule has 0 saturated heterocycles. The zero-order valence-corrected chi connectivity index (χ0v) is 8.48. The van der Waals surface area contributed by atoms with Crippen molar-refractivity contribution in [2.75, 3.05) is 7.11 Å². The Kier molecular flexibility index (Phi) is 3.52. The van der Waals surface area contributed by atoms with Crippen LogP contribution in [0.25, 0.3) is 0 Å². The second kappa shape index (κ2) is 4.48. The summed E-state index contributed by atoms with van der Waals surface area (Å²) in [6.45, 7) is 0. The van der Waals surface area contributed by atoms with E-state index in [1.807, 2.05) is 0 Å². The molecule has 1 aromatic rings. The van der Waals surface area contributed by atoms with Gasteiger partial charge in [-0.1, -0.05) is 6.07 Å². The summed E-state index contributed by atoms with van der Waals surface area (Å²) in [5, 5.41) is 1.61. The number of ether oxygens (including phenoxy) is 1. The van der Waals surface area contributed by atoms with Crippen LogP contribution in [-0.2, 0) is 4.74 Å². The van der Waals surface area contributed by atoms with E-state index < -0.39 is 17.7 Å². The predicted octanol–water partition coefficient (Wildman–Crippen LogP) is 3.02. The third-order valence-electron chi connectivity index (χ3n) is 1.53. The molecule has 0 bridgehead atoms. The van der Waals surface area contributed by atoms with Crippen molar-refractivity contribution in [3.8, 4) is 0 Å². The van der Waals surface area contributed by atoms with Crippen molar-refractivity contribution in [2.45, 2.75) is 6.18 Å². The molecule has 0 aliphatic carbocycles. The summed E-state index contributed by atoms with van der Waals surface area (Å²) in [5.74, 6) is -2.00. The average molecular weight is 236 g/mol. The van der Waals surface area contributed by atoms with Crippen LogP contribution in [0.1, 0.15) is 9.67 Å². The Balaban J connectivity index is 2.91. The van der Waals surface area contributed by atoms with Gasteiger partial charge >= 0.3 is 6.18 Å². The molecule has 0 unspecified atom stereocenters. The molecule has 0 amide bonds. The number of ketones is 1. The SMILES string of the molecule is CO/C(=C\C(=O)c1cccs1)C(F)(F)F. The maximum absolute atomic E-state index is 12.2. The fourth-order valence-corrected chi connectivity index (χ4v) is 1.50. The molecule has 0 aliphatic heterocycles. The number of hydrogen-bond donors (Lipinski definition) is 0. The first-order valence-corrected chi connectivity index (χ1v) is 4.74. The van der Waals surface area contributed by atoms with Gasteiger partial charge in [0.1, 0.15) is 0 Å². The van der Waals surface area contributed by atoms with E-state index in [1.165, 1.54) is 6.07 Å². The Morgan fingerprint density at radius 2 is 2.20 bits per heavy atom. The largest absolute Gasteiger partial charge is 0.492 e. The molecule has 15 heavy (non-hydrogen) atoms. The minimum Gasteiger partial charge on any atom is -0.492 e. The van der Waals surface area contributed by atoms with Crippen LogP contribution in [0.5, 0.6) is 0 Å². The lowest BCUT2D eigenvalue weighted by Gasteiger charge is -2.08. The minimum atomic E-state index is -4.64. The number of allylic oxidation sites excluding steroid dienone is 2. The predicted molar refractivity (Wildman–Crippen MR) is 49.8 cm³/mol. The normalized spacial score (nSPS) is 12.7. The monoisotopic (exact) mass is 236 g/mol. The molecule has 82 valence electrons. The number of thiophene rings is 1. The maximum atomic E-state index is 12.2. The number of carbonyl (C=O) groups excluding carboxylic acids is 1. The van der Waals surface area contributed by atoms with Crippen molar-refractivity contribution < 1.29 is 22.7 Å². The van der Waals surface area contributed by atoms with Gasteiger partial charge in [-0.3, -0.25) is 4.79 Å². The second-order valence-electron chi connectivity index (χ2n) is 2.55. The van der Waals surface area contributed by atoms with E-state index in [-0.39, 0.29) is 4.88 Å². The molecule has 0 N–H and O–H groups in total. The number of halogens is 3. The Morgan fingerprint density at radius 3 is 2.60 bits per heavy atom. The molecule has 0 radical (unpaired) electrons. The molecule has 1 heterocycles. The molecule has 0 aromatic carbocycles. The van der Waals surface area contributed by atoms with Crippen LogP contribution in [0.3, 0.4) is 0 Å². The maximum Gasteiger partial charge on any atom is 0.449 e. The third-order valence-corrected chi connectivity index (χ3v) is 2.41. The van der Waals surface area contributed by atoms with Crippen LogP contribution in [0.4, 0.5) is 13.2 Å². The highest BCUT2D eigenvalue weighted by molar-refractivity contribution is 7.12. The van der Waals surface area contributed by atoms with E-state index in [1.54, 1.807) is 11.4 Å². The van der Waals surface area contributed by atoms with Gasteiger partial charge in [-0.2, -0.15) is 13.2 Å². The number of methoxy groups -OCH3 is 1. The number of alkyl halides is 3. The number of hydrogen-bond acceptors (Lipinski definition) is 3. The fourth-order valence-electron chi connectivity index (χ4n) is 0.865. The average Bonchev–Trinajstić information content (AvgIpc) is 2.64. The smallest absolute Gasteiger partial charge is 0.449 e. The van der Waals surface area contributed by atoms with Gasteiger partial charge in [0.2, 0.25) is 5.76 Å². The summed E-state index contributed by atoms with van der Waals surface area (Å²) in [6.07, 6.45) is -4.19. The van der Waals surface area contributed by atoms with Crippen LogP contribution in [0.15, 0.2) is 29.3 Å². The van der Waals surface area contributed by atoms with Crippen molar-refractivity contribution >= 4 is 17.1 Å². The Morgan fingerprint density at radius 1 is 1.53 bits per heavy atom. The molecule has 0 fully saturated rings. The second-order valence-corrected chi connectivity index (χ2v) is 3.50. The van der Waals surface area contributed by atoms with Gasteiger partial charge in [-0.15, -0.1) is 11.3 Å². The zero-order valence-electron chi connectivity index (χ0n) is 7.67. The Labute approximate surface area is 88.0 Å². The number of carbonyl (C=O) groups is 1. The van der Waals surface area contributed by atoms with Crippen molar-refractivity contribution in [1.82, 2.24) is 0 Å². The van der Waals surface area contributed by atoms with Gasteiger partial charge in [0.25, 0.3) is 0 Å². The summed E-state index contributed by atoms with van der Waals surface area (Å²) in [6, 6.07) is 3.04. The van der Waals surface area contributed by atoms with Gasteiger partial charge < -0.3 is 4.74 Å². The van der Waals surface area contributed by atoms with E-state index in [0.717, 1.165) is 18.4 Å². The van der Waals surface area contributed by atoms with Gasteiger partial charge in [-0.25, -0.2) is 0 Å². The first-order valence-electron chi connectivity index (χ1n) is 3.86. The van der Waals surface area contributed by atoms with Crippen LogP contribution < -0.4 is 0 Å². The quantitative estimate of drug-likeness (QED) is 0.458. The van der Waals surface area contributed by atoms with Crippen molar-refractivity contribution in [3.05, 3.63) is 34.2 Å². The van der Waals surface area contributed by atoms with E-state index >= 15 is 0 Å². The third kappa shape index (κ3) is 3.09. The summed E-state index contributed by atoms with van der Waals surface area (Å²) >= 11 is 1.08. The molecule has 1 rings (SSSR count).